The van der Waals surface area contributed by atoms with Gasteiger partial charge in [0.15, 0.2) is 0 Å². The number of hydrogen-bond donors (Lipinski definition) is 2. The van der Waals surface area contributed by atoms with Crippen LogP contribution in [0.15, 0.2) is 33.6 Å². The van der Waals surface area contributed by atoms with Gasteiger partial charge in [-0.25, -0.2) is 8.42 Å². The van der Waals surface area contributed by atoms with Gasteiger partial charge in [0.25, 0.3) is 0 Å². The minimum Gasteiger partial charge on any atom is -0.351 e. The Morgan fingerprint density at radius 3 is 2.61 bits per heavy atom. The topological polar surface area (TPSA) is 78.5 Å². The fraction of sp³-hybridized carbons (Fsp3) is 0.500. The Labute approximate surface area is 151 Å². The fourth-order valence-electron chi connectivity index (χ4n) is 2.32. The molecule has 1 unspecified atom stereocenters. The van der Waals surface area contributed by atoms with Gasteiger partial charge in [0, 0.05) is 24.1 Å². The molecule has 23 heavy (non-hydrogen) atoms. The van der Waals surface area contributed by atoms with Crippen LogP contribution in [0.5, 0.6) is 0 Å². The molecule has 6 nitrogen and oxygen atoms in total. The lowest BCUT2D eigenvalue weighted by atomic mass is 10.1. The van der Waals surface area contributed by atoms with E-state index in [2.05, 4.69) is 26.6 Å². The summed E-state index contributed by atoms with van der Waals surface area (Å²) in [4.78, 5) is 12.2. The van der Waals surface area contributed by atoms with Crippen LogP contribution in [0.25, 0.3) is 0 Å². The van der Waals surface area contributed by atoms with Crippen molar-refractivity contribution in [1.29, 1.82) is 0 Å². The number of nitrogens with one attached hydrogen (secondary N) is 2. The van der Waals surface area contributed by atoms with Crippen LogP contribution in [-0.4, -0.2) is 51.4 Å². The van der Waals surface area contributed by atoms with Crippen molar-refractivity contribution in [3.05, 3.63) is 28.7 Å². The SMILES string of the molecule is CN(CC(=O)NC1CCCNC1)S(=O)(=O)c1ccc(Br)cc1.Cl. The van der Waals surface area contributed by atoms with Crippen LogP contribution in [0, 0.1) is 0 Å². The van der Waals surface area contributed by atoms with Crippen molar-refractivity contribution in [2.24, 2.45) is 0 Å². The highest BCUT2D eigenvalue weighted by molar-refractivity contribution is 9.10. The first kappa shape index (κ1) is 20.4. The molecule has 0 radical (unpaired) electrons. The molecule has 1 atom stereocenters. The number of sulfonamides is 1. The van der Waals surface area contributed by atoms with Gasteiger partial charge in [-0.05, 0) is 43.7 Å². The zero-order chi connectivity index (χ0) is 16.2. The molecule has 1 aromatic carbocycles. The zero-order valence-electron chi connectivity index (χ0n) is 12.8. The van der Waals surface area contributed by atoms with Crippen molar-refractivity contribution in [1.82, 2.24) is 14.9 Å². The maximum Gasteiger partial charge on any atom is 0.243 e. The number of hydrogen-bond acceptors (Lipinski definition) is 4. The third kappa shape index (κ3) is 5.72. The predicted octanol–water partition coefficient (Wildman–Crippen LogP) is 1.36. The summed E-state index contributed by atoms with van der Waals surface area (Å²) in [6.45, 7) is 1.51. The van der Waals surface area contributed by atoms with Gasteiger partial charge in [-0.3, -0.25) is 4.79 Å². The average Bonchev–Trinajstić information content (AvgIpc) is 2.48. The van der Waals surface area contributed by atoms with Crippen LogP contribution < -0.4 is 10.6 Å². The highest BCUT2D eigenvalue weighted by atomic mass is 79.9. The molecule has 0 bridgehead atoms. The van der Waals surface area contributed by atoms with Crippen molar-refractivity contribution in [3.8, 4) is 0 Å². The Hall–Kier alpha value is -0.670. The summed E-state index contributed by atoms with van der Waals surface area (Å²) < 4.78 is 26.7. The first-order valence-corrected chi connectivity index (χ1v) is 9.35. The van der Waals surface area contributed by atoms with E-state index >= 15 is 0 Å². The second kappa shape index (κ2) is 8.98. The first-order chi connectivity index (χ1) is 10.4. The molecule has 2 N–H and O–H groups in total. The van der Waals surface area contributed by atoms with E-state index in [0.717, 1.165) is 34.7 Å². The van der Waals surface area contributed by atoms with E-state index in [-0.39, 0.29) is 35.8 Å². The summed E-state index contributed by atoms with van der Waals surface area (Å²) in [5, 5.41) is 6.07. The summed E-state index contributed by atoms with van der Waals surface area (Å²) in [5.74, 6) is -0.281. The molecule has 1 aromatic rings. The fourth-order valence-corrected chi connectivity index (χ4v) is 3.71. The Bertz CT molecular complexity index is 619. The monoisotopic (exact) mass is 425 g/mol. The third-order valence-corrected chi connectivity index (χ3v) is 5.90. The largest absolute Gasteiger partial charge is 0.351 e. The van der Waals surface area contributed by atoms with E-state index in [4.69, 9.17) is 0 Å². The van der Waals surface area contributed by atoms with Crippen molar-refractivity contribution in [3.63, 3.8) is 0 Å². The minimum atomic E-state index is -3.66. The first-order valence-electron chi connectivity index (χ1n) is 7.11. The molecule has 0 spiro atoms. The van der Waals surface area contributed by atoms with E-state index in [0.29, 0.717) is 0 Å². The molecule has 2 rings (SSSR count). The second-order valence-electron chi connectivity index (χ2n) is 5.33. The number of carbonyl (C=O) groups is 1. The molecule has 1 aliphatic heterocycles. The second-order valence-corrected chi connectivity index (χ2v) is 8.29. The van der Waals surface area contributed by atoms with Crippen LogP contribution in [0.3, 0.4) is 0 Å². The molecule has 1 heterocycles. The molecule has 0 saturated carbocycles. The van der Waals surface area contributed by atoms with Crippen LogP contribution in [-0.2, 0) is 14.8 Å². The number of nitrogens with zero attached hydrogens (tertiary/aromatic N) is 1. The van der Waals surface area contributed by atoms with E-state index in [1.807, 2.05) is 0 Å². The predicted molar refractivity (Wildman–Crippen MR) is 95.2 cm³/mol. The van der Waals surface area contributed by atoms with Gasteiger partial charge in [-0.15, -0.1) is 12.4 Å². The molecule has 1 amide bonds. The number of piperidine rings is 1. The van der Waals surface area contributed by atoms with Crippen molar-refractivity contribution in [2.45, 2.75) is 23.8 Å². The number of likely N-dealkylation sites (N-methyl/N-ethyl adjacent to an activating group) is 1. The van der Waals surface area contributed by atoms with Crippen LogP contribution in [0.1, 0.15) is 12.8 Å². The maximum atomic E-state index is 12.4. The molecule has 0 aromatic heterocycles. The summed E-state index contributed by atoms with van der Waals surface area (Å²) >= 11 is 3.27. The lowest BCUT2D eigenvalue weighted by molar-refractivity contribution is -0.121. The molecule has 1 saturated heterocycles. The highest BCUT2D eigenvalue weighted by Gasteiger charge is 2.24. The van der Waals surface area contributed by atoms with Gasteiger partial charge < -0.3 is 10.6 Å². The van der Waals surface area contributed by atoms with E-state index < -0.39 is 10.0 Å². The lowest BCUT2D eigenvalue weighted by Gasteiger charge is -2.25. The molecule has 0 aliphatic carbocycles. The Kier molecular flexibility index (Phi) is 7.96. The van der Waals surface area contributed by atoms with Crippen molar-refractivity contribution in [2.75, 3.05) is 26.7 Å². The van der Waals surface area contributed by atoms with Crippen LogP contribution in [0.2, 0.25) is 0 Å². The van der Waals surface area contributed by atoms with Crippen molar-refractivity contribution < 1.29 is 13.2 Å². The molecule has 1 aliphatic rings. The Balaban J connectivity index is 0.00000264. The van der Waals surface area contributed by atoms with Crippen LogP contribution in [0.4, 0.5) is 0 Å². The molecule has 9 heteroatoms. The van der Waals surface area contributed by atoms with Gasteiger partial charge >= 0.3 is 0 Å². The Morgan fingerprint density at radius 1 is 1.39 bits per heavy atom. The maximum absolute atomic E-state index is 12.4. The van der Waals surface area contributed by atoms with Gasteiger partial charge in [-0.2, -0.15) is 4.31 Å². The number of carbonyl (C=O) groups excluding carboxylic acids is 1. The van der Waals surface area contributed by atoms with Gasteiger partial charge in [-0.1, -0.05) is 15.9 Å². The van der Waals surface area contributed by atoms with Crippen LogP contribution >= 0.6 is 28.3 Å². The molecule has 1 fully saturated rings. The number of halogens is 2. The molecular formula is C14H21BrClN3O3S. The summed E-state index contributed by atoms with van der Waals surface area (Å²) in [7, 11) is -2.24. The van der Waals surface area contributed by atoms with E-state index in [1.165, 1.54) is 19.2 Å². The normalized spacial score (nSPS) is 18.3. The van der Waals surface area contributed by atoms with Gasteiger partial charge in [0.05, 0.1) is 11.4 Å². The lowest BCUT2D eigenvalue weighted by Crippen LogP contribution is -2.48. The molecular weight excluding hydrogens is 406 g/mol. The smallest absolute Gasteiger partial charge is 0.243 e. The summed E-state index contributed by atoms with van der Waals surface area (Å²) in [6, 6.07) is 6.42. The minimum absolute atomic E-state index is 0. The quantitative estimate of drug-likeness (QED) is 0.745. The summed E-state index contributed by atoms with van der Waals surface area (Å²) in [6.07, 6.45) is 1.93. The number of amides is 1. The molecule has 130 valence electrons. The summed E-state index contributed by atoms with van der Waals surface area (Å²) in [5.41, 5.74) is 0. The Morgan fingerprint density at radius 2 is 2.04 bits per heavy atom. The highest BCUT2D eigenvalue weighted by Crippen LogP contribution is 2.17. The standard InChI is InChI=1S/C14H20BrN3O3S.ClH/c1-18(10-14(19)17-12-3-2-8-16-9-12)22(20,21)13-6-4-11(15)5-7-13;/h4-7,12,16H,2-3,8-10H2,1H3,(H,17,19);1H. The number of benzene rings is 1. The van der Waals surface area contributed by atoms with Gasteiger partial charge in [0.2, 0.25) is 15.9 Å². The third-order valence-electron chi connectivity index (χ3n) is 3.55. The average molecular weight is 427 g/mol. The number of rotatable bonds is 5. The van der Waals surface area contributed by atoms with E-state index in [9.17, 15) is 13.2 Å². The zero-order valence-corrected chi connectivity index (χ0v) is 16.0. The van der Waals surface area contributed by atoms with Crippen molar-refractivity contribution >= 4 is 44.3 Å². The van der Waals surface area contributed by atoms with E-state index in [1.54, 1.807) is 12.1 Å². The van der Waals surface area contributed by atoms with Gasteiger partial charge in [0.1, 0.15) is 0 Å².